The van der Waals surface area contributed by atoms with E-state index in [1.807, 2.05) is 12.2 Å². The molecule has 2 aromatic rings. The van der Waals surface area contributed by atoms with E-state index in [4.69, 9.17) is 0 Å². The van der Waals surface area contributed by atoms with Gasteiger partial charge >= 0.3 is 0 Å². The number of benzene rings is 2. The molecule has 1 heterocycles. The second kappa shape index (κ2) is 12.0. The lowest BCUT2D eigenvalue weighted by Crippen LogP contribution is -2.43. The summed E-state index contributed by atoms with van der Waals surface area (Å²) in [5.41, 5.74) is 9.03. The van der Waals surface area contributed by atoms with Gasteiger partial charge in [-0.2, -0.15) is 0 Å². The SMILES string of the molecule is C=CC(C=C)=Cc1c(C)cccc1C(C=C)CN1CCC(NCc2ccc(C)c(C)c2)CC1. The Bertz CT molecular complexity index is 996. The number of piperidine rings is 1. The summed E-state index contributed by atoms with van der Waals surface area (Å²) in [5, 5.41) is 3.78. The van der Waals surface area contributed by atoms with Gasteiger partial charge in [0.25, 0.3) is 0 Å². The number of rotatable bonds is 10. The second-order valence-electron chi connectivity index (χ2n) is 9.35. The molecule has 0 saturated carbocycles. The number of allylic oxidation sites excluding steroid dienone is 3. The molecule has 174 valence electrons. The van der Waals surface area contributed by atoms with Crippen LogP contribution in [-0.2, 0) is 6.54 Å². The molecule has 0 spiro atoms. The van der Waals surface area contributed by atoms with Gasteiger partial charge in [-0.1, -0.05) is 67.8 Å². The summed E-state index contributed by atoms with van der Waals surface area (Å²) >= 11 is 0. The molecule has 2 heteroatoms. The van der Waals surface area contributed by atoms with Crippen LogP contribution in [0.15, 0.2) is 79.9 Å². The van der Waals surface area contributed by atoms with Gasteiger partial charge < -0.3 is 10.2 Å². The standard InChI is InChI=1S/C31H40N2/c1-7-26(8-2)20-31-24(5)11-10-12-30(31)28(9-3)22-33-17-15-29(16-18-33)32-21-27-14-13-23(4)25(6)19-27/h7-14,19-20,28-29,32H,1-3,15-18,21-22H2,4-6H3. The fourth-order valence-electron chi connectivity index (χ4n) is 4.67. The van der Waals surface area contributed by atoms with Crippen LogP contribution in [0.3, 0.4) is 0 Å². The first kappa shape index (κ1) is 25.0. The maximum atomic E-state index is 4.18. The summed E-state index contributed by atoms with van der Waals surface area (Å²) in [6, 6.07) is 13.9. The van der Waals surface area contributed by atoms with Crippen molar-refractivity contribution in [1.82, 2.24) is 10.2 Å². The average Bonchev–Trinajstić information content (AvgIpc) is 2.83. The lowest BCUT2D eigenvalue weighted by Gasteiger charge is -2.34. The van der Waals surface area contributed by atoms with Crippen molar-refractivity contribution in [2.45, 2.75) is 52.1 Å². The number of aryl methyl sites for hydroxylation is 3. The van der Waals surface area contributed by atoms with Gasteiger partial charge in [-0.05, 0) is 91.7 Å². The fraction of sp³-hybridized carbons (Fsp3) is 0.355. The van der Waals surface area contributed by atoms with Crippen LogP contribution < -0.4 is 5.32 Å². The van der Waals surface area contributed by atoms with Crippen LogP contribution in [-0.4, -0.2) is 30.6 Å². The van der Waals surface area contributed by atoms with Crippen LogP contribution in [0.2, 0.25) is 0 Å². The van der Waals surface area contributed by atoms with Gasteiger partial charge in [0.1, 0.15) is 0 Å². The molecule has 2 aromatic carbocycles. The maximum absolute atomic E-state index is 4.18. The predicted octanol–water partition coefficient (Wildman–Crippen LogP) is 6.89. The summed E-state index contributed by atoms with van der Waals surface area (Å²) < 4.78 is 0. The van der Waals surface area contributed by atoms with Crippen molar-refractivity contribution >= 4 is 6.08 Å². The monoisotopic (exact) mass is 440 g/mol. The molecule has 33 heavy (non-hydrogen) atoms. The Hall–Kier alpha value is -2.68. The van der Waals surface area contributed by atoms with E-state index in [9.17, 15) is 0 Å². The van der Waals surface area contributed by atoms with Gasteiger partial charge in [-0.25, -0.2) is 0 Å². The summed E-state index contributed by atoms with van der Waals surface area (Å²) in [6.07, 6.45) is 10.4. The van der Waals surface area contributed by atoms with E-state index in [1.54, 1.807) is 0 Å². The van der Waals surface area contributed by atoms with Crippen molar-refractivity contribution in [1.29, 1.82) is 0 Å². The Labute approximate surface area is 201 Å². The first-order valence-electron chi connectivity index (χ1n) is 12.2. The third kappa shape index (κ3) is 6.66. The van der Waals surface area contributed by atoms with Crippen molar-refractivity contribution in [2.24, 2.45) is 0 Å². The van der Waals surface area contributed by atoms with Crippen molar-refractivity contribution in [2.75, 3.05) is 19.6 Å². The quantitative estimate of drug-likeness (QED) is 0.320. The average molecular weight is 441 g/mol. The summed E-state index contributed by atoms with van der Waals surface area (Å²) in [6.45, 7) is 22.8. The number of likely N-dealkylation sites (tertiary alicyclic amines) is 1. The Morgan fingerprint density at radius 3 is 2.36 bits per heavy atom. The normalized spacial score (nSPS) is 15.6. The molecule has 1 saturated heterocycles. The second-order valence-corrected chi connectivity index (χ2v) is 9.35. The highest BCUT2D eigenvalue weighted by Gasteiger charge is 2.22. The molecule has 1 fully saturated rings. The van der Waals surface area contributed by atoms with E-state index in [1.165, 1.54) is 46.2 Å². The third-order valence-corrected chi connectivity index (χ3v) is 7.03. The molecule has 0 bridgehead atoms. The van der Waals surface area contributed by atoms with Crippen LogP contribution >= 0.6 is 0 Å². The number of hydrogen-bond acceptors (Lipinski definition) is 2. The predicted molar refractivity (Wildman–Crippen MR) is 145 cm³/mol. The lowest BCUT2D eigenvalue weighted by atomic mass is 9.89. The summed E-state index contributed by atoms with van der Waals surface area (Å²) in [4.78, 5) is 2.60. The Morgan fingerprint density at radius 1 is 1.00 bits per heavy atom. The molecule has 1 unspecified atom stereocenters. The summed E-state index contributed by atoms with van der Waals surface area (Å²) in [5.74, 6) is 0.298. The molecule has 1 aliphatic heterocycles. The topological polar surface area (TPSA) is 15.3 Å². The van der Waals surface area contributed by atoms with Crippen LogP contribution in [0.25, 0.3) is 6.08 Å². The Balaban J connectivity index is 1.60. The lowest BCUT2D eigenvalue weighted by molar-refractivity contribution is 0.193. The minimum Gasteiger partial charge on any atom is -0.310 e. The van der Waals surface area contributed by atoms with Crippen molar-refractivity contribution in [3.63, 3.8) is 0 Å². The van der Waals surface area contributed by atoms with Crippen molar-refractivity contribution in [3.05, 3.63) is 113 Å². The highest BCUT2D eigenvalue weighted by atomic mass is 15.1. The molecular formula is C31H40N2. The number of hydrogen-bond donors (Lipinski definition) is 1. The first-order chi connectivity index (χ1) is 15.9. The maximum Gasteiger partial charge on any atom is 0.0208 e. The van der Waals surface area contributed by atoms with Gasteiger partial charge in [0.15, 0.2) is 0 Å². The van der Waals surface area contributed by atoms with Gasteiger partial charge in [-0.3, -0.25) is 0 Å². The molecule has 0 amide bonds. The molecule has 0 aromatic heterocycles. The van der Waals surface area contributed by atoms with E-state index in [0.717, 1.165) is 31.8 Å². The third-order valence-electron chi connectivity index (χ3n) is 7.03. The fourth-order valence-corrected chi connectivity index (χ4v) is 4.67. The van der Waals surface area contributed by atoms with E-state index >= 15 is 0 Å². The zero-order valence-corrected chi connectivity index (χ0v) is 20.7. The number of nitrogens with one attached hydrogen (secondary N) is 1. The van der Waals surface area contributed by atoms with E-state index < -0.39 is 0 Å². The van der Waals surface area contributed by atoms with E-state index in [2.05, 4.69) is 99.3 Å². The molecule has 0 radical (unpaired) electrons. The molecule has 1 aliphatic rings. The van der Waals surface area contributed by atoms with Crippen molar-refractivity contribution < 1.29 is 0 Å². The molecule has 1 atom stereocenters. The minimum absolute atomic E-state index is 0.298. The van der Waals surface area contributed by atoms with Gasteiger partial charge in [0.2, 0.25) is 0 Å². The van der Waals surface area contributed by atoms with Crippen LogP contribution in [0.4, 0.5) is 0 Å². The largest absolute Gasteiger partial charge is 0.310 e. The highest BCUT2D eigenvalue weighted by Crippen LogP contribution is 2.28. The van der Waals surface area contributed by atoms with E-state index in [0.29, 0.717) is 12.0 Å². The number of nitrogens with zero attached hydrogens (tertiary/aromatic N) is 1. The molecule has 0 aliphatic carbocycles. The van der Waals surface area contributed by atoms with Gasteiger partial charge in [0.05, 0.1) is 0 Å². The van der Waals surface area contributed by atoms with E-state index in [-0.39, 0.29) is 0 Å². The van der Waals surface area contributed by atoms with Crippen LogP contribution in [0.5, 0.6) is 0 Å². The van der Waals surface area contributed by atoms with Crippen LogP contribution in [0.1, 0.15) is 52.1 Å². The molecule has 2 nitrogen and oxygen atoms in total. The highest BCUT2D eigenvalue weighted by molar-refractivity contribution is 5.65. The smallest absolute Gasteiger partial charge is 0.0208 e. The van der Waals surface area contributed by atoms with Gasteiger partial charge in [-0.15, -0.1) is 6.58 Å². The molecular weight excluding hydrogens is 400 g/mol. The zero-order chi connectivity index (χ0) is 23.8. The Kier molecular flexibility index (Phi) is 9.05. The summed E-state index contributed by atoms with van der Waals surface area (Å²) in [7, 11) is 0. The van der Waals surface area contributed by atoms with Gasteiger partial charge in [0, 0.05) is 25.0 Å². The van der Waals surface area contributed by atoms with Crippen LogP contribution in [0, 0.1) is 20.8 Å². The first-order valence-corrected chi connectivity index (χ1v) is 12.2. The molecule has 1 N–H and O–H groups in total. The Morgan fingerprint density at radius 2 is 1.73 bits per heavy atom. The van der Waals surface area contributed by atoms with Crippen molar-refractivity contribution in [3.8, 4) is 0 Å². The zero-order valence-electron chi connectivity index (χ0n) is 20.7. The molecule has 3 rings (SSSR count). The minimum atomic E-state index is 0.298.